The number of sulfonamides is 1. The van der Waals surface area contributed by atoms with Gasteiger partial charge in [-0.1, -0.05) is 0 Å². The summed E-state index contributed by atoms with van der Waals surface area (Å²) in [4.78, 5) is 14.2. The number of aryl methyl sites for hydroxylation is 1. The number of halogens is 2. The Morgan fingerprint density at radius 3 is 2.62 bits per heavy atom. The topological polar surface area (TPSA) is 74.7 Å². The monoisotopic (exact) mass is 462 g/mol. The predicted molar refractivity (Wildman–Crippen MR) is 118 cm³/mol. The Kier molecular flexibility index (Phi) is 6.16. The van der Waals surface area contributed by atoms with Gasteiger partial charge in [0.1, 0.15) is 11.6 Å². The lowest BCUT2D eigenvalue weighted by molar-refractivity contribution is 0.214. The summed E-state index contributed by atoms with van der Waals surface area (Å²) < 4.78 is 57.0. The van der Waals surface area contributed by atoms with Crippen molar-refractivity contribution in [1.82, 2.24) is 13.8 Å². The number of hydrogen-bond donors (Lipinski definition) is 1. The van der Waals surface area contributed by atoms with Crippen molar-refractivity contribution < 1.29 is 22.0 Å². The van der Waals surface area contributed by atoms with Crippen molar-refractivity contribution in [3.63, 3.8) is 0 Å². The van der Waals surface area contributed by atoms with Crippen molar-refractivity contribution in [2.45, 2.75) is 24.8 Å². The molecular formula is C22H24F2N4O3S. The largest absolute Gasteiger partial charge is 0.348 e. The molecule has 32 heavy (non-hydrogen) atoms. The Morgan fingerprint density at radius 2 is 1.84 bits per heavy atom. The number of fused-ring (bicyclic) bond motifs is 1. The van der Waals surface area contributed by atoms with Gasteiger partial charge in [-0.3, -0.25) is 0 Å². The van der Waals surface area contributed by atoms with Gasteiger partial charge in [-0.2, -0.15) is 4.31 Å². The van der Waals surface area contributed by atoms with E-state index in [0.717, 1.165) is 35.6 Å². The average Bonchev–Trinajstić information content (AvgIpc) is 3.01. The first-order valence-electron chi connectivity index (χ1n) is 10.4. The van der Waals surface area contributed by atoms with Crippen LogP contribution in [0.15, 0.2) is 53.6 Å². The van der Waals surface area contributed by atoms with Crippen LogP contribution in [0.5, 0.6) is 0 Å². The molecular weight excluding hydrogens is 438 g/mol. The summed E-state index contributed by atoms with van der Waals surface area (Å²) in [7, 11) is -3.74. The molecule has 0 atom stereocenters. The number of rotatable bonds is 4. The Balaban J connectivity index is 1.47. The highest BCUT2D eigenvalue weighted by Gasteiger charge is 2.29. The maximum Gasteiger partial charge on any atom is 0.321 e. The lowest BCUT2D eigenvalue weighted by Gasteiger charge is -2.22. The molecule has 2 amide bonds. The lowest BCUT2D eigenvalue weighted by Crippen LogP contribution is -2.39. The molecule has 0 radical (unpaired) electrons. The molecule has 0 bridgehead atoms. The summed E-state index contributed by atoms with van der Waals surface area (Å²) in [5.41, 5.74) is 0.714. The van der Waals surface area contributed by atoms with Crippen LogP contribution in [0.25, 0.3) is 10.9 Å². The highest BCUT2D eigenvalue weighted by molar-refractivity contribution is 7.89. The molecule has 3 aromatic rings. The third-order valence-electron chi connectivity index (χ3n) is 5.63. The number of carbonyl (C=O) groups is 1. The van der Waals surface area contributed by atoms with Crippen molar-refractivity contribution in [2.75, 3.05) is 31.5 Å². The third-order valence-corrected chi connectivity index (χ3v) is 7.53. The van der Waals surface area contributed by atoms with Crippen LogP contribution >= 0.6 is 0 Å². The number of nitrogens with one attached hydrogen (secondary N) is 1. The van der Waals surface area contributed by atoms with Gasteiger partial charge in [-0.15, -0.1) is 0 Å². The highest BCUT2D eigenvalue weighted by atomic mass is 32.2. The Bertz CT molecular complexity index is 1260. The van der Waals surface area contributed by atoms with Crippen molar-refractivity contribution in [3.8, 4) is 0 Å². The van der Waals surface area contributed by atoms with Crippen LogP contribution in [0.1, 0.15) is 13.3 Å². The van der Waals surface area contributed by atoms with E-state index in [4.69, 9.17) is 0 Å². The molecule has 1 aromatic heterocycles. The standard InChI is InChI=1S/C22H24F2N4O3S/c1-2-26-11-8-16-14-18(5-7-21(16)26)32(30,31)28-10-3-9-27(12-13-28)22(29)25-20-15-17(23)4-6-19(20)24/h4-8,11,14-15H,2-3,9-10,12-13H2,1H3,(H,25,29). The van der Waals surface area contributed by atoms with Gasteiger partial charge in [0.25, 0.3) is 0 Å². The molecule has 1 aliphatic rings. The number of hydrogen-bond acceptors (Lipinski definition) is 3. The van der Waals surface area contributed by atoms with Gasteiger partial charge >= 0.3 is 6.03 Å². The number of nitrogens with zero attached hydrogens (tertiary/aromatic N) is 3. The van der Waals surface area contributed by atoms with E-state index in [1.807, 2.05) is 23.8 Å². The van der Waals surface area contributed by atoms with Crippen molar-refractivity contribution in [2.24, 2.45) is 0 Å². The summed E-state index contributed by atoms with van der Waals surface area (Å²) in [5.74, 6) is -1.41. The number of benzene rings is 2. The number of aromatic nitrogens is 1. The van der Waals surface area contributed by atoms with Gasteiger partial charge in [-0.25, -0.2) is 22.0 Å². The number of carbonyl (C=O) groups excluding carboxylic acids is 1. The molecule has 4 rings (SSSR count). The minimum atomic E-state index is -3.74. The maximum absolute atomic E-state index is 13.8. The van der Waals surface area contributed by atoms with E-state index >= 15 is 0 Å². The Labute approximate surface area is 185 Å². The Morgan fingerprint density at radius 1 is 1.03 bits per heavy atom. The fourth-order valence-corrected chi connectivity index (χ4v) is 5.39. The van der Waals surface area contributed by atoms with E-state index in [9.17, 15) is 22.0 Å². The van der Waals surface area contributed by atoms with Crippen LogP contribution in [0.3, 0.4) is 0 Å². The first-order valence-corrected chi connectivity index (χ1v) is 11.8. The molecule has 10 heteroatoms. The summed E-state index contributed by atoms with van der Waals surface area (Å²) in [6.07, 6.45) is 2.34. The molecule has 1 fully saturated rings. The summed E-state index contributed by atoms with van der Waals surface area (Å²) >= 11 is 0. The van der Waals surface area contributed by atoms with E-state index in [1.54, 1.807) is 18.2 Å². The molecule has 1 aliphatic heterocycles. The van der Waals surface area contributed by atoms with Gasteiger partial charge in [0.2, 0.25) is 10.0 Å². The van der Waals surface area contributed by atoms with Crippen LogP contribution in [-0.2, 0) is 16.6 Å². The lowest BCUT2D eigenvalue weighted by atomic mass is 10.2. The normalized spacial score (nSPS) is 15.7. The van der Waals surface area contributed by atoms with E-state index in [2.05, 4.69) is 5.32 Å². The van der Waals surface area contributed by atoms with Gasteiger partial charge in [0.15, 0.2) is 0 Å². The van der Waals surface area contributed by atoms with Gasteiger partial charge in [0, 0.05) is 55.9 Å². The molecule has 1 saturated heterocycles. The minimum Gasteiger partial charge on any atom is -0.348 e. The van der Waals surface area contributed by atoms with Crippen molar-refractivity contribution in [3.05, 3.63) is 60.3 Å². The smallest absolute Gasteiger partial charge is 0.321 e. The van der Waals surface area contributed by atoms with E-state index in [1.165, 1.54) is 9.21 Å². The SMILES string of the molecule is CCn1ccc2cc(S(=O)(=O)N3CCCN(C(=O)Nc4cc(F)ccc4F)CC3)ccc21. The fourth-order valence-electron chi connectivity index (χ4n) is 3.89. The summed E-state index contributed by atoms with van der Waals surface area (Å²) in [6, 6.07) is 9.17. The predicted octanol–water partition coefficient (Wildman–Crippen LogP) is 3.87. The average molecular weight is 463 g/mol. The zero-order valence-corrected chi connectivity index (χ0v) is 18.4. The Hall–Kier alpha value is -2.98. The molecule has 0 saturated carbocycles. The highest BCUT2D eigenvalue weighted by Crippen LogP contribution is 2.24. The van der Waals surface area contributed by atoms with Gasteiger partial charge < -0.3 is 14.8 Å². The molecule has 2 aromatic carbocycles. The zero-order chi connectivity index (χ0) is 22.9. The molecule has 0 unspecified atom stereocenters. The maximum atomic E-state index is 13.8. The molecule has 7 nitrogen and oxygen atoms in total. The molecule has 1 N–H and O–H groups in total. The second kappa shape index (κ2) is 8.87. The number of amides is 2. The second-order valence-corrected chi connectivity index (χ2v) is 9.56. The molecule has 0 spiro atoms. The minimum absolute atomic E-state index is 0.107. The van der Waals surface area contributed by atoms with Gasteiger partial charge in [0.05, 0.1) is 10.6 Å². The van der Waals surface area contributed by atoms with E-state index in [0.29, 0.717) is 13.0 Å². The van der Waals surface area contributed by atoms with Crippen LogP contribution in [0.4, 0.5) is 19.3 Å². The first-order chi connectivity index (χ1) is 15.3. The number of urea groups is 1. The number of anilines is 1. The quantitative estimate of drug-likeness (QED) is 0.640. The van der Waals surface area contributed by atoms with E-state index in [-0.39, 0.29) is 30.2 Å². The van der Waals surface area contributed by atoms with Crippen molar-refractivity contribution in [1.29, 1.82) is 0 Å². The van der Waals surface area contributed by atoms with Crippen molar-refractivity contribution >= 4 is 32.6 Å². The molecule has 0 aliphatic carbocycles. The molecule has 170 valence electrons. The summed E-state index contributed by atoms with van der Waals surface area (Å²) in [5, 5.41) is 3.21. The van der Waals surface area contributed by atoms with Gasteiger partial charge in [-0.05, 0) is 49.7 Å². The van der Waals surface area contributed by atoms with Crippen LogP contribution in [0.2, 0.25) is 0 Å². The fraction of sp³-hybridized carbons (Fsp3) is 0.318. The first kappa shape index (κ1) is 22.2. The summed E-state index contributed by atoms with van der Waals surface area (Å²) in [6.45, 7) is 3.61. The molecule has 2 heterocycles. The van der Waals surface area contributed by atoms with Crippen LogP contribution < -0.4 is 5.32 Å². The van der Waals surface area contributed by atoms with Crippen LogP contribution in [-0.4, -0.2) is 54.4 Å². The second-order valence-electron chi connectivity index (χ2n) is 7.62. The zero-order valence-electron chi connectivity index (χ0n) is 17.6. The van der Waals surface area contributed by atoms with E-state index < -0.39 is 27.7 Å². The third kappa shape index (κ3) is 4.33. The van der Waals surface area contributed by atoms with Crippen LogP contribution in [0, 0.1) is 11.6 Å².